The molecule has 78 valence electrons. The van der Waals surface area contributed by atoms with Crippen molar-refractivity contribution in [2.75, 3.05) is 13.2 Å². The lowest BCUT2D eigenvalue weighted by molar-refractivity contribution is 0.233. The summed E-state index contributed by atoms with van der Waals surface area (Å²) in [7, 11) is 0. The molecule has 1 aromatic rings. The predicted molar refractivity (Wildman–Crippen MR) is 56.2 cm³/mol. The quantitative estimate of drug-likeness (QED) is 0.699. The zero-order valence-electron chi connectivity index (χ0n) is 8.44. The smallest absolute Gasteiger partial charge is 0.119 e. The third-order valence-corrected chi connectivity index (χ3v) is 1.98. The number of hydrogen-bond donors (Lipinski definition) is 2. The van der Waals surface area contributed by atoms with Gasteiger partial charge in [0.05, 0.1) is 6.61 Å². The van der Waals surface area contributed by atoms with Crippen LogP contribution in [0.3, 0.4) is 0 Å². The van der Waals surface area contributed by atoms with Crippen molar-refractivity contribution in [1.29, 1.82) is 0 Å². The van der Waals surface area contributed by atoms with Gasteiger partial charge in [-0.3, -0.25) is 0 Å². The lowest BCUT2D eigenvalue weighted by Crippen LogP contribution is -2.05. The van der Waals surface area contributed by atoms with Crippen LogP contribution in [-0.4, -0.2) is 18.3 Å². The summed E-state index contributed by atoms with van der Waals surface area (Å²) in [5.74, 6) is 0.822. The molecule has 14 heavy (non-hydrogen) atoms. The van der Waals surface area contributed by atoms with Crippen LogP contribution in [0.1, 0.15) is 24.9 Å². The number of aliphatic hydroxyl groups is 1. The summed E-state index contributed by atoms with van der Waals surface area (Å²) in [4.78, 5) is 0. The van der Waals surface area contributed by atoms with Gasteiger partial charge in [0.15, 0.2) is 0 Å². The first kappa shape index (κ1) is 11.0. The van der Waals surface area contributed by atoms with Gasteiger partial charge in [-0.15, -0.1) is 0 Å². The average molecular weight is 195 g/mol. The van der Waals surface area contributed by atoms with Crippen LogP contribution in [0.2, 0.25) is 0 Å². The molecule has 0 aliphatic heterocycles. The van der Waals surface area contributed by atoms with Gasteiger partial charge < -0.3 is 15.6 Å². The van der Waals surface area contributed by atoms with Crippen molar-refractivity contribution in [3.05, 3.63) is 29.8 Å². The molecule has 1 aromatic carbocycles. The maximum Gasteiger partial charge on any atom is 0.119 e. The summed E-state index contributed by atoms with van der Waals surface area (Å²) in [6.07, 6.45) is 0.662. The zero-order chi connectivity index (χ0) is 10.4. The molecule has 3 heteroatoms. The Morgan fingerprint density at radius 1 is 1.36 bits per heavy atom. The first-order valence-corrected chi connectivity index (χ1v) is 4.83. The third kappa shape index (κ3) is 3.36. The van der Waals surface area contributed by atoms with E-state index in [4.69, 9.17) is 15.6 Å². The monoisotopic (exact) mass is 195 g/mol. The van der Waals surface area contributed by atoms with Crippen LogP contribution in [0.25, 0.3) is 0 Å². The van der Waals surface area contributed by atoms with E-state index >= 15 is 0 Å². The molecule has 0 radical (unpaired) electrons. The van der Waals surface area contributed by atoms with E-state index in [1.165, 1.54) is 0 Å². The summed E-state index contributed by atoms with van der Waals surface area (Å²) < 4.78 is 5.38. The van der Waals surface area contributed by atoms with E-state index in [0.29, 0.717) is 13.0 Å². The Morgan fingerprint density at radius 3 is 2.50 bits per heavy atom. The van der Waals surface area contributed by atoms with E-state index in [2.05, 4.69) is 0 Å². The van der Waals surface area contributed by atoms with Crippen LogP contribution in [0.5, 0.6) is 5.75 Å². The Labute approximate surface area is 84.5 Å². The van der Waals surface area contributed by atoms with Crippen molar-refractivity contribution < 1.29 is 9.84 Å². The molecule has 0 aromatic heterocycles. The normalized spacial score (nSPS) is 12.5. The SMILES string of the molecule is C[C@H](N)c1ccc(OCCCO)cc1. The molecule has 0 heterocycles. The number of rotatable bonds is 5. The van der Waals surface area contributed by atoms with E-state index < -0.39 is 0 Å². The molecule has 0 amide bonds. The molecule has 0 aliphatic carbocycles. The van der Waals surface area contributed by atoms with Gasteiger partial charge in [0.25, 0.3) is 0 Å². The molecule has 1 rings (SSSR count). The lowest BCUT2D eigenvalue weighted by atomic mass is 10.1. The van der Waals surface area contributed by atoms with Gasteiger partial charge in [0, 0.05) is 19.1 Å². The highest BCUT2D eigenvalue weighted by atomic mass is 16.5. The fraction of sp³-hybridized carbons (Fsp3) is 0.455. The standard InChI is InChI=1S/C11H17NO2/c1-9(12)10-3-5-11(6-4-10)14-8-2-7-13/h3-6,9,13H,2,7-8,12H2,1H3/t9-/m0/s1. The minimum atomic E-state index is 0.0569. The molecular formula is C11H17NO2. The second-order valence-electron chi connectivity index (χ2n) is 3.28. The molecule has 1 atom stereocenters. The van der Waals surface area contributed by atoms with Crippen LogP contribution < -0.4 is 10.5 Å². The van der Waals surface area contributed by atoms with Crippen molar-refractivity contribution in [3.63, 3.8) is 0 Å². The summed E-state index contributed by atoms with van der Waals surface area (Å²) in [5, 5.41) is 8.56. The lowest BCUT2D eigenvalue weighted by Gasteiger charge is -2.08. The Hall–Kier alpha value is -1.06. The van der Waals surface area contributed by atoms with Crippen molar-refractivity contribution in [1.82, 2.24) is 0 Å². The van der Waals surface area contributed by atoms with Crippen LogP contribution in [0.4, 0.5) is 0 Å². The van der Waals surface area contributed by atoms with Crippen LogP contribution in [0.15, 0.2) is 24.3 Å². The molecule has 0 unspecified atom stereocenters. The van der Waals surface area contributed by atoms with Crippen molar-refractivity contribution in [3.8, 4) is 5.75 Å². The summed E-state index contributed by atoms with van der Waals surface area (Å²) in [6.45, 7) is 2.66. The highest BCUT2D eigenvalue weighted by Crippen LogP contribution is 2.15. The maximum absolute atomic E-state index is 8.56. The molecular weight excluding hydrogens is 178 g/mol. The number of ether oxygens (including phenoxy) is 1. The Balaban J connectivity index is 2.47. The van der Waals surface area contributed by atoms with Crippen LogP contribution >= 0.6 is 0 Å². The third-order valence-electron chi connectivity index (χ3n) is 1.98. The van der Waals surface area contributed by atoms with E-state index in [9.17, 15) is 0 Å². The number of aliphatic hydroxyl groups excluding tert-OH is 1. The van der Waals surface area contributed by atoms with E-state index in [0.717, 1.165) is 11.3 Å². The van der Waals surface area contributed by atoms with Gasteiger partial charge in [0.2, 0.25) is 0 Å². The van der Waals surface area contributed by atoms with Gasteiger partial charge in [-0.25, -0.2) is 0 Å². The topological polar surface area (TPSA) is 55.5 Å². The van der Waals surface area contributed by atoms with E-state index in [1.54, 1.807) is 0 Å². The fourth-order valence-electron chi connectivity index (χ4n) is 1.12. The molecule has 0 saturated carbocycles. The zero-order valence-corrected chi connectivity index (χ0v) is 8.44. The molecule has 0 spiro atoms. The number of hydrogen-bond acceptors (Lipinski definition) is 3. The van der Waals surface area contributed by atoms with Gasteiger partial charge in [0.1, 0.15) is 5.75 Å². The summed E-state index contributed by atoms with van der Waals surface area (Å²) >= 11 is 0. The van der Waals surface area contributed by atoms with Crippen molar-refractivity contribution in [2.45, 2.75) is 19.4 Å². The Morgan fingerprint density at radius 2 is 2.00 bits per heavy atom. The first-order valence-electron chi connectivity index (χ1n) is 4.83. The summed E-state index contributed by atoms with van der Waals surface area (Å²) in [6, 6.07) is 7.77. The van der Waals surface area contributed by atoms with Crippen LogP contribution in [-0.2, 0) is 0 Å². The van der Waals surface area contributed by atoms with E-state index in [1.807, 2.05) is 31.2 Å². The number of nitrogens with two attached hydrogens (primary N) is 1. The highest BCUT2D eigenvalue weighted by Gasteiger charge is 1.99. The molecule has 0 saturated heterocycles. The largest absolute Gasteiger partial charge is 0.494 e. The molecule has 0 aliphatic rings. The Kier molecular flexibility index (Phi) is 4.43. The highest BCUT2D eigenvalue weighted by molar-refractivity contribution is 5.28. The maximum atomic E-state index is 8.56. The second-order valence-corrected chi connectivity index (χ2v) is 3.28. The van der Waals surface area contributed by atoms with Gasteiger partial charge in [-0.05, 0) is 24.6 Å². The first-order chi connectivity index (χ1) is 6.74. The van der Waals surface area contributed by atoms with Crippen LogP contribution in [0, 0.1) is 0 Å². The Bertz CT molecular complexity index is 256. The van der Waals surface area contributed by atoms with Crippen molar-refractivity contribution >= 4 is 0 Å². The minimum Gasteiger partial charge on any atom is -0.494 e. The predicted octanol–water partition coefficient (Wildman–Crippen LogP) is 1.47. The van der Waals surface area contributed by atoms with Crippen molar-refractivity contribution in [2.24, 2.45) is 5.73 Å². The average Bonchev–Trinajstić information content (AvgIpc) is 2.19. The summed E-state index contributed by atoms with van der Waals surface area (Å²) in [5.41, 5.74) is 6.81. The van der Waals surface area contributed by atoms with Gasteiger partial charge in [-0.1, -0.05) is 12.1 Å². The molecule has 3 nitrogen and oxygen atoms in total. The fourth-order valence-corrected chi connectivity index (χ4v) is 1.12. The molecule has 3 N–H and O–H groups in total. The number of benzene rings is 1. The van der Waals surface area contributed by atoms with Gasteiger partial charge >= 0.3 is 0 Å². The molecule has 0 bridgehead atoms. The van der Waals surface area contributed by atoms with E-state index in [-0.39, 0.29) is 12.6 Å². The van der Waals surface area contributed by atoms with Gasteiger partial charge in [-0.2, -0.15) is 0 Å². The minimum absolute atomic E-state index is 0.0569. The molecule has 0 fully saturated rings. The second kappa shape index (κ2) is 5.62.